The third kappa shape index (κ3) is 4.80. The first-order valence-corrected chi connectivity index (χ1v) is 7.37. The van der Waals surface area contributed by atoms with Crippen LogP contribution in [0.2, 0.25) is 0 Å². The van der Waals surface area contributed by atoms with E-state index in [2.05, 4.69) is 29.7 Å². The minimum Gasteiger partial charge on any atom is -0.353 e. The molecule has 1 aromatic rings. The first-order valence-electron chi connectivity index (χ1n) is 7.37. The van der Waals surface area contributed by atoms with Crippen LogP contribution in [0, 0.1) is 0 Å². The Kier molecular flexibility index (Phi) is 7.63. The number of carbonyl (C=O) groups is 1. The zero-order chi connectivity index (χ0) is 13.5. The summed E-state index contributed by atoms with van der Waals surface area (Å²) in [5, 5.41) is 6.55. The fraction of sp³-hybridized carbons (Fsp3) is 0.562. The molecule has 0 radical (unpaired) electrons. The summed E-state index contributed by atoms with van der Waals surface area (Å²) < 4.78 is 0. The first-order chi connectivity index (χ1) is 9.31. The second-order valence-corrected chi connectivity index (χ2v) is 5.28. The lowest BCUT2D eigenvalue weighted by Gasteiger charge is -2.26. The summed E-state index contributed by atoms with van der Waals surface area (Å²) in [7, 11) is 0. The third-order valence-corrected chi connectivity index (χ3v) is 3.78. The van der Waals surface area contributed by atoms with Gasteiger partial charge in [-0.25, -0.2) is 0 Å². The van der Waals surface area contributed by atoms with Crippen LogP contribution in [0.1, 0.15) is 44.1 Å². The van der Waals surface area contributed by atoms with E-state index in [0.717, 1.165) is 44.3 Å². The lowest BCUT2D eigenvalue weighted by Crippen LogP contribution is -2.44. The number of carbonyl (C=O) groups excluding carboxylic acids is 1. The molecule has 0 aromatic heterocycles. The number of hydrogen-bond donors (Lipinski definition) is 2. The van der Waals surface area contributed by atoms with E-state index in [1.165, 1.54) is 0 Å². The molecule has 1 aliphatic rings. The van der Waals surface area contributed by atoms with Crippen molar-refractivity contribution in [2.24, 2.45) is 0 Å². The van der Waals surface area contributed by atoms with Crippen LogP contribution in [0.25, 0.3) is 0 Å². The average molecular weight is 297 g/mol. The van der Waals surface area contributed by atoms with Crippen LogP contribution >= 0.6 is 12.4 Å². The zero-order valence-electron chi connectivity index (χ0n) is 12.1. The van der Waals surface area contributed by atoms with E-state index in [1.807, 2.05) is 18.2 Å². The number of amides is 1. The van der Waals surface area contributed by atoms with Crippen LogP contribution in [-0.4, -0.2) is 25.0 Å². The molecule has 0 spiro atoms. The fourth-order valence-corrected chi connectivity index (χ4v) is 2.69. The number of halogens is 1. The molecule has 1 heterocycles. The minimum atomic E-state index is 0. The van der Waals surface area contributed by atoms with E-state index in [9.17, 15) is 4.79 Å². The van der Waals surface area contributed by atoms with Crippen LogP contribution in [0.4, 0.5) is 0 Å². The molecule has 1 aromatic carbocycles. The largest absolute Gasteiger partial charge is 0.353 e. The Bertz CT molecular complexity index is 391. The molecule has 1 aliphatic heterocycles. The Morgan fingerprint density at radius 2 is 1.95 bits per heavy atom. The number of nitrogens with one attached hydrogen (secondary N) is 2. The van der Waals surface area contributed by atoms with Gasteiger partial charge in [-0.2, -0.15) is 0 Å². The van der Waals surface area contributed by atoms with Crippen LogP contribution in [0.3, 0.4) is 0 Å². The molecule has 4 heteroatoms. The van der Waals surface area contributed by atoms with Gasteiger partial charge in [-0.3, -0.25) is 4.79 Å². The Morgan fingerprint density at radius 3 is 2.55 bits per heavy atom. The van der Waals surface area contributed by atoms with Crippen molar-refractivity contribution in [3.8, 4) is 0 Å². The van der Waals surface area contributed by atoms with Gasteiger partial charge in [0.1, 0.15) is 0 Å². The highest BCUT2D eigenvalue weighted by molar-refractivity contribution is 5.85. The molecule has 3 nitrogen and oxygen atoms in total. The molecule has 0 aliphatic carbocycles. The van der Waals surface area contributed by atoms with Gasteiger partial charge in [-0.1, -0.05) is 43.7 Å². The second kappa shape index (κ2) is 8.98. The minimum absolute atomic E-state index is 0. The van der Waals surface area contributed by atoms with Gasteiger partial charge in [-0.15, -0.1) is 12.4 Å². The second-order valence-electron chi connectivity index (χ2n) is 5.28. The lowest BCUT2D eigenvalue weighted by molar-refractivity contribution is -0.123. The zero-order valence-corrected chi connectivity index (χ0v) is 12.9. The smallest absolute Gasteiger partial charge is 0.227 e. The van der Waals surface area contributed by atoms with Crippen molar-refractivity contribution in [1.82, 2.24) is 10.6 Å². The predicted molar refractivity (Wildman–Crippen MR) is 85.4 cm³/mol. The molecule has 1 saturated heterocycles. The van der Waals surface area contributed by atoms with E-state index in [-0.39, 0.29) is 24.2 Å². The molecular formula is C16H25ClN2O. The van der Waals surface area contributed by atoms with Crippen molar-refractivity contribution < 1.29 is 4.79 Å². The molecule has 2 N–H and O–H groups in total. The number of hydrogen-bond acceptors (Lipinski definition) is 2. The first kappa shape index (κ1) is 17.0. The summed E-state index contributed by atoms with van der Waals surface area (Å²) in [4.78, 5) is 12.5. The molecule has 1 atom stereocenters. The van der Waals surface area contributed by atoms with E-state index in [1.54, 1.807) is 0 Å². The van der Waals surface area contributed by atoms with Crippen molar-refractivity contribution >= 4 is 18.3 Å². The van der Waals surface area contributed by atoms with Gasteiger partial charge < -0.3 is 10.6 Å². The highest BCUT2D eigenvalue weighted by atomic mass is 35.5. The van der Waals surface area contributed by atoms with Gasteiger partial charge in [0.15, 0.2) is 0 Å². The van der Waals surface area contributed by atoms with E-state index < -0.39 is 0 Å². The number of piperidine rings is 1. The normalized spacial score (nSPS) is 17.1. The summed E-state index contributed by atoms with van der Waals surface area (Å²) >= 11 is 0. The van der Waals surface area contributed by atoms with Gasteiger partial charge in [-0.05, 0) is 37.9 Å². The van der Waals surface area contributed by atoms with E-state index in [0.29, 0.717) is 6.04 Å². The van der Waals surface area contributed by atoms with Crippen LogP contribution in [0.5, 0.6) is 0 Å². The average Bonchev–Trinajstić information content (AvgIpc) is 2.46. The Hall–Kier alpha value is -1.06. The molecule has 0 bridgehead atoms. The molecule has 1 amide bonds. The predicted octanol–water partition coefficient (Wildman–Crippen LogP) is 2.86. The Labute approximate surface area is 127 Å². The van der Waals surface area contributed by atoms with Crippen molar-refractivity contribution in [2.45, 2.75) is 44.6 Å². The topological polar surface area (TPSA) is 41.1 Å². The van der Waals surface area contributed by atoms with Crippen molar-refractivity contribution in [1.29, 1.82) is 0 Å². The maximum absolute atomic E-state index is 12.5. The summed E-state index contributed by atoms with van der Waals surface area (Å²) in [6.07, 6.45) is 4.03. The maximum Gasteiger partial charge on any atom is 0.227 e. The maximum atomic E-state index is 12.5. The van der Waals surface area contributed by atoms with Crippen LogP contribution < -0.4 is 10.6 Å². The van der Waals surface area contributed by atoms with Gasteiger partial charge in [0.25, 0.3) is 0 Å². The van der Waals surface area contributed by atoms with Crippen molar-refractivity contribution in [3.05, 3.63) is 35.9 Å². The molecular weight excluding hydrogens is 272 g/mol. The quantitative estimate of drug-likeness (QED) is 0.877. The standard InChI is InChI=1S/C16H24N2O.ClH/c1-2-6-15(13-7-4-3-5-8-13)16(19)18-14-9-11-17-12-10-14;/h3-5,7-8,14-15,17H,2,6,9-12H2,1H3,(H,18,19);1H. The van der Waals surface area contributed by atoms with Crippen LogP contribution in [-0.2, 0) is 4.79 Å². The van der Waals surface area contributed by atoms with Crippen LogP contribution in [0.15, 0.2) is 30.3 Å². The van der Waals surface area contributed by atoms with Gasteiger partial charge in [0.2, 0.25) is 5.91 Å². The molecule has 1 fully saturated rings. The monoisotopic (exact) mass is 296 g/mol. The molecule has 1 unspecified atom stereocenters. The van der Waals surface area contributed by atoms with E-state index >= 15 is 0 Å². The third-order valence-electron chi connectivity index (χ3n) is 3.78. The Morgan fingerprint density at radius 1 is 1.30 bits per heavy atom. The van der Waals surface area contributed by atoms with Gasteiger partial charge in [0, 0.05) is 6.04 Å². The fourth-order valence-electron chi connectivity index (χ4n) is 2.69. The summed E-state index contributed by atoms with van der Waals surface area (Å²) in [6.45, 7) is 4.15. The summed E-state index contributed by atoms with van der Waals surface area (Å²) in [6, 6.07) is 10.5. The van der Waals surface area contributed by atoms with Gasteiger partial charge >= 0.3 is 0 Å². The summed E-state index contributed by atoms with van der Waals surface area (Å²) in [5.74, 6) is 0.195. The van der Waals surface area contributed by atoms with E-state index in [4.69, 9.17) is 0 Å². The molecule has 0 saturated carbocycles. The molecule has 20 heavy (non-hydrogen) atoms. The highest BCUT2D eigenvalue weighted by Crippen LogP contribution is 2.22. The molecule has 2 rings (SSSR count). The van der Waals surface area contributed by atoms with Crippen molar-refractivity contribution in [2.75, 3.05) is 13.1 Å². The van der Waals surface area contributed by atoms with Gasteiger partial charge in [0.05, 0.1) is 5.92 Å². The SMILES string of the molecule is CCCC(C(=O)NC1CCNCC1)c1ccccc1.Cl. The Balaban J connectivity index is 0.00000200. The molecule has 112 valence electrons. The summed E-state index contributed by atoms with van der Waals surface area (Å²) in [5.41, 5.74) is 1.13. The lowest BCUT2D eigenvalue weighted by atomic mass is 9.93. The number of benzene rings is 1. The number of rotatable bonds is 5. The van der Waals surface area contributed by atoms with Crippen molar-refractivity contribution in [3.63, 3.8) is 0 Å². The highest BCUT2D eigenvalue weighted by Gasteiger charge is 2.23.